The first-order valence-corrected chi connectivity index (χ1v) is 4.35. The molecule has 0 aromatic carbocycles. The van der Waals surface area contributed by atoms with Crippen LogP contribution in [0.15, 0.2) is 12.2 Å². The van der Waals surface area contributed by atoms with E-state index >= 15 is 0 Å². The van der Waals surface area contributed by atoms with Gasteiger partial charge in [-0.05, 0) is 26.2 Å². The van der Waals surface area contributed by atoms with Crippen LogP contribution in [-0.4, -0.2) is 40.5 Å². The molecule has 0 radical (unpaired) electrons. The fraction of sp³-hybridized carbons (Fsp3) is 0.625. The molecule has 1 saturated heterocycles. The Kier molecular flexibility index (Phi) is 3.11. The van der Waals surface area contributed by atoms with E-state index in [1.165, 1.54) is 0 Å². The van der Waals surface area contributed by atoms with E-state index in [1.807, 2.05) is 0 Å². The maximum absolute atomic E-state index is 10.8. The largest absolute Gasteiger partial charge is 0.480 e. The zero-order chi connectivity index (χ0) is 10.0. The van der Waals surface area contributed by atoms with Gasteiger partial charge < -0.3 is 14.9 Å². The third-order valence-electron chi connectivity index (χ3n) is 2.37. The van der Waals surface area contributed by atoms with Crippen LogP contribution in [0.3, 0.4) is 0 Å². The van der Waals surface area contributed by atoms with Crippen LogP contribution in [0.2, 0.25) is 6.82 Å². The molecule has 5 heteroatoms. The molecule has 0 aromatic rings. The van der Waals surface area contributed by atoms with Gasteiger partial charge in [0.05, 0.1) is 0 Å². The van der Waals surface area contributed by atoms with Crippen LogP contribution in [0.5, 0.6) is 0 Å². The second kappa shape index (κ2) is 3.94. The van der Waals surface area contributed by atoms with Crippen molar-refractivity contribution in [3.8, 4) is 0 Å². The highest BCUT2D eigenvalue weighted by Gasteiger charge is 2.33. The molecule has 1 aliphatic rings. The molecule has 0 amide bonds. The quantitative estimate of drug-likeness (QED) is 0.474. The van der Waals surface area contributed by atoms with Crippen molar-refractivity contribution in [1.29, 1.82) is 0 Å². The molecule has 1 atom stereocenters. The summed E-state index contributed by atoms with van der Waals surface area (Å²) in [5.41, 5.74) is 0.948. The fourth-order valence-electron chi connectivity index (χ4n) is 1.61. The van der Waals surface area contributed by atoms with Gasteiger partial charge in [0.1, 0.15) is 6.04 Å². The number of nitrogens with zero attached hydrogens (tertiary/aromatic N) is 1. The van der Waals surface area contributed by atoms with Crippen LogP contribution >= 0.6 is 0 Å². The molecule has 72 valence electrons. The number of carboxylic acid groups (broad SMARTS) is 1. The predicted octanol–water partition coefficient (Wildman–Crippen LogP) is 0.202. The molecule has 4 nitrogen and oxygen atoms in total. The van der Waals surface area contributed by atoms with Gasteiger partial charge in [-0.1, -0.05) is 12.2 Å². The Morgan fingerprint density at radius 2 is 2.38 bits per heavy atom. The maximum Gasteiger partial charge on any atom is 0.377 e. The predicted molar refractivity (Wildman–Crippen MR) is 50.3 cm³/mol. The zero-order valence-electron chi connectivity index (χ0n) is 7.73. The molecule has 0 bridgehead atoms. The highest BCUT2D eigenvalue weighted by atomic mass is 16.4. The number of piperidine rings is 1. The van der Waals surface area contributed by atoms with Gasteiger partial charge in [0.25, 0.3) is 0 Å². The highest BCUT2D eigenvalue weighted by Crippen LogP contribution is 2.21. The second-order valence-electron chi connectivity index (χ2n) is 3.43. The van der Waals surface area contributed by atoms with Gasteiger partial charge in [0.15, 0.2) is 0 Å². The smallest absolute Gasteiger partial charge is 0.377 e. The van der Waals surface area contributed by atoms with Gasteiger partial charge in [-0.3, -0.25) is 4.79 Å². The molecule has 0 aliphatic carbocycles. The molecule has 1 fully saturated rings. The lowest BCUT2D eigenvalue weighted by molar-refractivity contribution is -0.142. The van der Waals surface area contributed by atoms with Crippen LogP contribution in [0.1, 0.15) is 12.8 Å². The number of hydrogen-bond acceptors (Lipinski definition) is 3. The molecule has 0 spiro atoms. The van der Waals surface area contributed by atoms with E-state index in [-0.39, 0.29) is 0 Å². The Morgan fingerprint density at radius 3 is 2.85 bits per heavy atom. The van der Waals surface area contributed by atoms with E-state index in [1.54, 1.807) is 11.6 Å². The summed E-state index contributed by atoms with van der Waals surface area (Å²) in [6.07, 6.45) is 1.22. The van der Waals surface area contributed by atoms with Gasteiger partial charge in [-0.2, -0.15) is 0 Å². The second-order valence-corrected chi connectivity index (χ2v) is 3.43. The minimum absolute atomic E-state index is 0.445. The summed E-state index contributed by atoms with van der Waals surface area (Å²) in [4.78, 5) is 12.4. The van der Waals surface area contributed by atoms with Crippen molar-refractivity contribution in [2.24, 2.45) is 0 Å². The van der Waals surface area contributed by atoms with Crippen LogP contribution < -0.4 is 0 Å². The molecule has 0 saturated carbocycles. The first kappa shape index (κ1) is 10.3. The third-order valence-corrected chi connectivity index (χ3v) is 2.37. The van der Waals surface area contributed by atoms with Crippen LogP contribution in [-0.2, 0) is 4.79 Å². The topological polar surface area (TPSA) is 60.8 Å². The van der Waals surface area contributed by atoms with Crippen molar-refractivity contribution >= 4 is 13.0 Å². The monoisotopic (exact) mass is 183 g/mol. The molecule has 0 unspecified atom stereocenters. The summed E-state index contributed by atoms with van der Waals surface area (Å²) < 4.78 is 0. The first-order valence-electron chi connectivity index (χ1n) is 4.35. The highest BCUT2D eigenvalue weighted by molar-refractivity contribution is 6.45. The molecule has 13 heavy (non-hydrogen) atoms. The fourth-order valence-corrected chi connectivity index (χ4v) is 1.61. The SMILES string of the molecule is C=C1CCN(B(C)O)[C@@H](C(=O)O)C1. The molecular weight excluding hydrogens is 169 g/mol. The Labute approximate surface area is 78.0 Å². The summed E-state index contributed by atoms with van der Waals surface area (Å²) >= 11 is 0. The van der Waals surface area contributed by atoms with Crippen molar-refractivity contribution in [2.75, 3.05) is 6.54 Å². The minimum atomic E-state index is -0.887. The number of carbonyl (C=O) groups is 1. The van der Waals surface area contributed by atoms with Gasteiger partial charge in [-0.15, -0.1) is 0 Å². The van der Waals surface area contributed by atoms with E-state index < -0.39 is 19.1 Å². The average molecular weight is 183 g/mol. The van der Waals surface area contributed by atoms with Crippen molar-refractivity contribution < 1.29 is 14.9 Å². The third kappa shape index (κ3) is 2.32. The van der Waals surface area contributed by atoms with Crippen molar-refractivity contribution in [2.45, 2.75) is 25.7 Å². The molecule has 1 aliphatic heterocycles. The normalized spacial score (nSPS) is 24.5. The average Bonchev–Trinajstić information content (AvgIpc) is 2.03. The molecule has 2 N–H and O–H groups in total. The van der Waals surface area contributed by atoms with E-state index in [9.17, 15) is 9.82 Å². The van der Waals surface area contributed by atoms with Gasteiger partial charge >= 0.3 is 13.0 Å². The first-order chi connectivity index (χ1) is 6.02. The lowest BCUT2D eigenvalue weighted by atomic mass is 9.79. The van der Waals surface area contributed by atoms with Gasteiger partial charge in [-0.25, -0.2) is 0 Å². The van der Waals surface area contributed by atoms with Crippen LogP contribution in [0.4, 0.5) is 0 Å². The van der Waals surface area contributed by atoms with Crippen molar-refractivity contribution in [3.63, 3.8) is 0 Å². The standard InChI is InChI=1S/C8H14BNO3/c1-6-3-4-10(9(2)13)7(5-6)8(11)12/h7,13H,1,3-5H2,2H3,(H,11,12)/t7-/m1/s1. The summed E-state index contributed by atoms with van der Waals surface area (Å²) in [5.74, 6) is -0.887. The van der Waals surface area contributed by atoms with E-state index in [0.29, 0.717) is 13.0 Å². The number of carboxylic acids is 1. The summed E-state index contributed by atoms with van der Waals surface area (Å²) in [6, 6.07) is -0.610. The summed E-state index contributed by atoms with van der Waals surface area (Å²) in [7, 11) is -0.700. The van der Waals surface area contributed by atoms with Crippen LogP contribution in [0.25, 0.3) is 0 Å². The minimum Gasteiger partial charge on any atom is -0.480 e. The Hall–Kier alpha value is -0.805. The lowest BCUT2D eigenvalue weighted by Crippen LogP contribution is -2.51. The van der Waals surface area contributed by atoms with E-state index in [2.05, 4.69) is 6.58 Å². The molecular formula is C8H14BNO3. The Bertz CT molecular complexity index is 229. The molecule has 1 rings (SSSR count). The maximum atomic E-state index is 10.8. The summed E-state index contributed by atoms with van der Waals surface area (Å²) in [6.45, 7) is 5.93. The van der Waals surface area contributed by atoms with Gasteiger partial charge in [0.2, 0.25) is 0 Å². The number of aliphatic carboxylic acids is 1. The Balaban J connectivity index is 2.71. The molecule has 0 aromatic heterocycles. The zero-order valence-corrected chi connectivity index (χ0v) is 7.73. The molecule has 1 heterocycles. The van der Waals surface area contributed by atoms with Crippen molar-refractivity contribution in [3.05, 3.63) is 12.2 Å². The van der Waals surface area contributed by atoms with Crippen molar-refractivity contribution in [1.82, 2.24) is 4.81 Å². The van der Waals surface area contributed by atoms with E-state index in [4.69, 9.17) is 5.11 Å². The summed E-state index contributed by atoms with van der Waals surface area (Å²) in [5, 5.41) is 18.2. The van der Waals surface area contributed by atoms with E-state index in [0.717, 1.165) is 12.0 Å². The number of hydrogen-bond donors (Lipinski definition) is 2. The lowest BCUT2D eigenvalue weighted by Gasteiger charge is -2.34. The Morgan fingerprint density at radius 1 is 1.77 bits per heavy atom. The van der Waals surface area contributed by atoms with Crippen LogP contribution in [0, 0.1) is 0 Å². The number of rotatable bonds is 2. The van der Waals surface area contributed by atoms with Gasteiger partial charge in [0, 0.05) is 0 Å².